The Bertz CT molecular complexity index is 149. The van der Waals surface area contributed by atoms with Crippen LogP contribution >= 0.6 is 0 Å². The Labute approximate surface area is 61.5 Å². The monoisotopic (exact) mass is 142 g/mol. The summed E-state index contributed by atoms with van der Waals surface area (Å²) in [6, 6.07) is 0. The van der Waals surface area contributed by atoms with Crippen LogP contribution in [0, 0.1) is 0 Å². The van der Waals surface area contributed by atoms with Gasteiger partial charge in [0.15, 0.2) is 0 Å². The van der Waals surface area contributed by atoms with Gasteiger partial charge in [-0.05, 0) is 25.8 Å². The van der Waals surface area contributed by atoms with Gasteiger partial charge in [0.05, 0.1) is 19.3 Å². The summed E-state index contributed by atoms with van der Waals surface area (Å²) in [7, 11) is 0. The van der Waals surface area contributed by atoms with Crippen molar-refractivity contribution in [1.82, 2.24) is 0 Å². The van der Waals surface area contributed by atoms with Crippen LogP contribution in [0.5, 0.6) is 0 Å². The second kappa shape index (κ2) is 3.17. The van der Waals surface area contributed by atoms with Crippen molar-refractivity contribution in [2.75, 3.05) is 13.2 Å². The molecule has 0 saturated carbocycles. The number of aliphatic hydroxyl groups is 1. The van der Waals surface area contributed by atoms with Gasteiger partial charge in [0.2, 0.25) is 0 Å². The lowest BCUT2D eigenvalue weighted by Gasteiger charge is -2.23. The Kier molecular flexibility index (Phi) is 2.46. The zero-order valence-corrected chi connectivity index (χ0v) is 6.55. The van der Waals surface area contributed by atoms with E-state index >= 15 is 0 Å². The molecule has 0 bridgehead atoms. The van der Waals surface area contributed by atoms with Crippen LogP contribution in [0.1, 0.15) is 20.3 Å². The molecule has 1 unspecified atom stereocenters. The summed E-state index contributed by atoms with van der Waals surface area (Å²) < 4.78 is 5.33. The van der Waals surface area contributed by atoms with Crippen molar-refractivity contribution in [2.45, 2.75) is 26.4 Å². The van der Waals surface area contributed by atoms with Crippen LogP contribution in [0.2, 0.25) is 0 Å². The van der Waals surface area contributed by atoms with Crippen LogP contribution in [-0.2, 0) is 4.74 Å². The zero-order chi connectivity index (χ0) is 7.56. The molecule has 0 aromatic carbocycles. The molecule has 0 aliphatic carbocycles. The molecule has 2 heteroatoms. The predicted octanol–water partition coefficient (Wildman–Crippen LogP) is 1.10. The lowest BCUT2D eigenvalue weighted by Crippen LogP contribution is -2.21. The summed E-state index contributed by atoms with van der Waals surface area (Å²) in [4.78, 5) is 0. The highest BCUT2D eigenvalue weighted by Gasteiger charge is 2.15. The Morgan fingerprint density at radius 2 is 2.40 bits per heavy atom. The van der Waals surface area contributed by atoms with Gasteiger partial charge in [-0.2, -0.15) is 0 Å². The Morgan fingerprint density at radius 1 is 1.70 bits per heavy atom. The third-order valence-corrected chi connectivity index (χ3v) is 2.05. The maximum atomic E-state index is 8.89. The van der Waals surface area contributed by atoms with Crippen molar-refractivity contribution >= 4 is 0 Å². The average molecular weight is 142 g/mol. The molecule has 0 saturated heterocycles. The van der Waals surface area contributed by atoms with E-state index in [1.165, 1.54) is 5.57 Å². The van der Waals surface area contributed by atoms with Crippen molar-refractivity contribution < 1.29 is 9.84 Å². The van der Waals surface area contributed by atoms with Gasteiger partial charge in [-0.3, -0.25) is 0 Å². The average Bonchev–Trinajstić information content (AvgIpc) is 1.88. The van der Waals surface area contributed by atoms with Crippen LogP contribution in [0.25, 0.3) is 0 Å². The van der Waals surface area contributed by atoms with Crippen molar-refractivity contribution in [1.29, 1.82) is 0 Å². The molecule has 1 N–H and O–H groups in total. The fourth-order valence-electron chi connectivity index (χ4n) is 1.26. The number of aliphatic hydroxyl groups excluding tert-OH is 1. The van der Waals surface area contributed by atoms with Gasteiger partial charge in [0, 0.05) is 0 Å². The van der Waals surface area contributed by atoms with Crippen LogP contribution in [0.4, 0.5) is 0 Å². The largest absolute Gasteiger partial charge is 0.392 e. The minimum Gasteiger partial charge on any atom is -0.392 e. The first-order valence-corrected chi connectivity index (χ1v) is 3.66. The van der Waals surface area contributed by atoms with E-state index in [1.807, 2.05) is 6.92 Å². The minimum atomic E-state index is 0.124. The summed E-state index contributed by atoms with van der Waals surface area (Å²) in [6.07, 6.45) is 1.10. The van der Waals surface area contributed by atoms with E-state index in [4.69, 9.17) is 9.84 Å². The number of rotatable bonds is 1. The van der Waals surface area contributed by atoms with E-state index in [0.29, 0.717) is 0 Å². The van der Waals surface area contributed by atoms with Crippen LogP contribution in [0.3, 0.4) is 0 Å². The molecule has 2 nitrogen and oxygen atoms in total. The quantitative estimate of drug-likeness (QED) is 0.555. The fraction of sp³-hybridized carbons (Fsp3) is 0.750. The van der Waals surface area contributed by atoms with Gasteiger partial charge in [0.25, 0.3) is 0 Å². The van der Waals surface area contributed by atoms with Gasteiger partial charge in [-0.15, -0.1) is 0 Å². The molecule has 10 heavy (non-hydrogen) atoms. The first-order valence-electron chi connectivity index (χ1n) is 3.66. The van der Waals surface area contributed by atoms with E-state index < -0.39 is 0 Å². The molecule has 0 fully saturated rings. The third-order valence-electron chi connectivity index (χ3n) is 2.05. The van der Waals surface area contributed by atoms with E-state index in [-0.39, 0.29) is 12.7 Å². The highest BCUT2D eigenvalue weighted by atomic mass is 16.5. The number of hydrogen-bond acceptors (Lipinski definition) is 2. The van der Waals surface area contributed by atoms with Gasteiger partial charge < -0.3 is 9.84 Å². The molecule has 0 aromatic heterocycles. The van der Waals surface area contributed by atoms with Crippen LogP contribution in [0.15, 0.2) is 11.1 Å². The highest BCUT2D eigenvalue weighted by molar-refractivity contribution is 5.18. The molecule has 0 radical (unpaired) electrons. The maximum Gasteiger partial charge on any atom is 0.0781 e. The molecular formula is C8H14O2. The number of hydrogen-bond donors (Lipinski definition) is 1. The fourth-order valence-corrected chi connectivity index (χ4v) is 1.26. The zero-order valence-electron chi connectivity index (χ0n) is 6.55. The molecular weight excluding hydrogens is 128 g/mol. The molecule has 0 amide bonds. The summed E-state index contributed by atoms with van der Waals surface area (Å²) in [5.74, 6) is 0. The molecule has 1 atom stereocenters. The first-order chi connectivity index (χ1) is 4.75. The Morgan fingerprint density at radius 3 is 2.80 bits per heavy atom. The van der Waals surface area contributed by atoms with Gasteiger partial charge in [-0.25, -0.2) is 0 Å². The normalized spacial score (nSPS) is 27.3. The molecule has 58 valence electrons. The smallest absolute Gasteiger partial charge is 0.0781 e. The molecule has 0 aromatic rings. The lowest BCUT2D eigenvalue weighted by molar-refractivity contribution is 0.0704. The van der Waals surface area contributed by atoms with Gasteiger partial charge >= 0.3 is 0 Å². The minimum absolute atomic E-state index is 0.124. The maximum absolute atomic E-state index is 8.89. The van der Waals surface area contributed by atoms with Crippen LogP contribution in [-0.4, -0.2) is 24.4 Å². The van der Waals surface area contributed by atoms with Gasteiger partial charge in [-0.1, -0.05) is 5.57 Å². The van der Waals surface area contributed by atoms with Crippen LogP contribution < -0.4 is 0 Å². The summed E-state index contributed by atoms with van der Waals surface area (Å²) in [5, 5.41) is 8.89. The SMILES string of the molecule is CC1=C(CO)C(C)OCC1. The van der Waals surface area contributed by atoms with E-state index in [2.05, 4.69) is 6.92 Å². The standard InChI is InChI=1S/C8H14O2/c1-6-3-4-10-7(2)8(6)5-9/h7,9H,3-5H2,1-2H3. The highest BCUT2D eigenvalue weighted by Crippen LogP contribution is 2.19. The predicted molar refractivity (Wildman–Crippen MR) is 39.8 cm³/mol. The number of ether oxygens (including phenoxy) is 1. The molecule has 1 rings (SSSR count). The van der Waals surface area contributed by atoms with Crippen molar-refractivity contribution in [2.24, 2.45) is 0 Å². The second-order valence-corrected chi connectivity index (χ2v) is 2.73. The Balaban J connectivity index is 2.73. The molecule has 1 aliphatic rings. The van der Waals surface area contributed by atoms with Crippen molar-refractivity contribution in [3.05, 3.63) is 11.1 Å². The molecule has 0 spiro atoms. The lowest BCUT2D eigenvalue weighted by atomic mass is 10.0. The first kappa shape index (κ1) is 7.76. The Hall–Kier alpha value is -0.340. The summed E-state index contributed by atoms with van der Waals surface area (Å²) in [6.45, 7) is 4.99. The summed E-state index contributed by atoms with van der Waals surface area (Å²) >= 11 is 0. The van der Waals surface area contributed by atoms with Gasteiger partial charge in [0.1, 0.15) is 0 Å². The topological polar surface area (TPSA) is 29.5 Å². The van der Waals surface area contributed by atoms with Crippen molar-refractivity contribution in [3.63, 3.8) is 0 Å². The van der Waals surface area contributed by atoms with Crippen molar-refractivity contribution in [3.8, 4) is 0 Å². The van der Waals surface area contributed by atoms with E-state index in [9.17, 15) is 0 Å². The van der Waals surface area contributed by atoms with E-state index in [0.717, 1.165) is 18.6 Å². The van der Waals surface area contributed by atoms with E-state index in [1.54, 1.807) is 0 Å². The molecule has 1 heterocycles. The third kappa shape index (κ3) is 1.39. The molecule has 1 aliphatic heterocycles. The second-order valence-electron chi connectivity index (χ2n) is 2.73. The summed E-state index contributed by atoms with van der Waals surface area (Å²) in [5.41, 5.74) is 2.35.